The van der Waals surface area contributed by atoms with Crippen LogP contribution in [0.3, 0.4) is 0 Å². The number of hydrogen-bond acceptors (Lipinski definition) is 3. The van der Waals surface area contributed by atoms with Crippen LogP contribution in [0.2, 0.25) is 0 Å². The molecule has 0 unspecified atom stereocenters. The Morgan fingerprint density at radius 3 is 3.00 bits per heavy atom. The number of nitrogens with zero attached hydrogens (tertiary/aromatic N) is 2. The number of hydrogen-bond donors (Lipinski definition) is 2. The lowest BCUT2D eigenvalue weighted by molar-refractivity contribution is -0.137. The molecule has 2 rings (SSSR count). The van der Waals surface area contributed by atoms with Gasteiger partial charge in [-0.25, -0.2) is 4.98 Å². The van der Waals surface area contributed by atoms with Crippen molar-refractivity contribution in [2.24, 2.45) is 0 Å². The van der Waals surface area contributed by atoms with Gasteiger partial charge in [0.2, 0.25) is 0 Å². The molecule has 0 saturated heterocycles. The molecular weight excluding hydrogens is 230 g/mol. The van der Waals surface area contributed by atoms with Crippen LogP contribution in [0, 0.1) is 6.92 Å². The fourth-order valence-corrected chi connectivity index (χ4v) is 1.96. The number of H-pyrrole nitrogens is 1. The van der Waals surface area contributed by atoms with Crippen molar-refractivity contribution >= 4 is 22.7 Å². The van der Waals surface area contributed by atoms with Crippen molar-refractivity contribution in [1.82, 2.24) is 9.97 Å². The summed E-state index contributed by atoms with van der Waals surface area (Å²) in [5.41, 5.74) is 3.03. The van der Waals surface area contributed by atoms with E-state index in [4.69, 9.17) is 5.11 Å². The fraction of sp³-hybridized carbons (Fsp3) is 0.385. The zero-order valence-corrected chi connectivity index (χ0v) is 10.6. The van der Waals surface area contributed by atoms with Gasteiger partial charge < -0.3 is 15.0 Å². The van der Waals surface area contributed by atoms with Gasteiger partial charge in [0.15, 0.2) is 0 Å². The van der Waals surface area contributed by atoms with Gasteiger partial charge in [0.05, 0.1) is 11.0 Å². The first-order valence-electron chi connectivity index (χ1n) is 5.95. The normalized spacial score (nSPS) is 10.8. The molecule has 0 aliphatic rings. The molecule has 0 aliphatic carbocycles. The maximum Gasteiger partial charge on any atom is 0.303 e. The zero-order valence-electron chi connectivity index (χ0n) is 10.6. The van der Waals surface area contributed by atoms with E-state index in [2.05, 4.69) is 14.9 Å². The second kappa shape index (κ2) is 5.08. The standard InChI is InChI=1S/C13H17N3O2/c1-9-14-11-6-5-10(8-12(11)15-9)16(2)7-3-4-13(17)18/h5-6,8H,3-4,7H2,1-2H3,(H,14,15)(H,17,18). The van der Waals surface area contributed by atoms with Crippen LogP contribution in [0.1, 0.15) is 18.7 Å². The highest BCUT2D eigenvalue weighted by molar-refractivity contribution is 5.79. The molecule has 0 aliphatic heterocycles. The summed E-state index contributed by atoms with van der Waals surface area (Å²) in [5.74, 6) is 0.152. The molecule has 96 valence electrons. The molecule has 1 heterocycles. The van der Waals surface area contributed by atoms with Gasteiger partial charge in [0.25, 0.3) is 0 Å². The van der Waals surface area contributed by atoms with Gasteiger partial charge in [-0.1, -0.05) is 0 Å². The molecule has 1 aromatic heterocycles. The van der Waals surface area contributed by atoms with E-state index in [1.165, 1.54) is 0 Å². The largest absolute Gasteiger partial charge is 0.481 e. The monoisotopic (exact) mass is 247 g/mol. The van der Waals surface area contributed by atoms with Gasteiger partial charge in [-0.05, 0) is 31.5 Å². The van der Waals surface area contributed by atoms with E-state index < -0.39 is 5.97 Å². The van der Waals surface area contributed by atoms with Crippen LogP contribution in [0.5, 0.6) is 0 Å². The zero-order chi connectivity index (χ0) is 13.1. The van der Waals surface area contributed by atoms with Crippen molar-refractivity contribution in [3.05, 3.63) is 24.0 Å². The third kappa shape index (κ3) is 2.80. The number of benzene rings is 1. The number of anilines is 1. The second-order valence-corrected chi connectivity index (χ2v) is 4.44. The van der Waals surface area contributed by atoms with Gasteiger partial charge in [0.1, 0.15) is 5.82 Å². The molecule has 2 aromatic rings. The average Bonchev–Trinajstić information content (AvgIpc) is 2.67. The molecule has 5 heteroatoms. The van der Waals surface area contributed by atoms with E-state index in [1.807, 2.05) is 32.2 Å². The van der Waals surface area contributed by atoms with Crippen LogP contribution < -0.4 is 4.90 Å². The third-order valence-corrected chi connectivity index (χ3v) is 2.91. The van der Waals surface area contributed by atoms with Crippen LogP contribution in [-0.4, -0.2) is 34.6 Å². The summed E-state index contributed by atoms with van der Waals surface area (Å²) in [6.45, 7) is 2.65. The predicted octanol–water partition coefficient (Wildman–Crippen LogP) is 2.17. The van der Waals surface area contributed by atoms with Crippen molar-refractivity contribution in [1.29, 1.82) is 0 Å². The minimum Gasteiger partial charge on any atom is -0.481 e. The van der Waals surface area contributed by atoms with Gasteiger partial charge >= 0.3 is 5.97 Å². The van der Waals surface area contributed by atoms with Crippen LogP contribution in [0.15, 0.2) is 18.2 Å². The molecule has 1 aromatic carbocycles. The van der Waals surface area contributed by atoms with Crippen LogP contribution >= 0.6 is 0 Å². The minimum absolute atomic E-state index is 0.204. The molecule has 0 amide bonds. The highest BCUT2D eigenvalue weighted by Gasteiger charge is 2.05. The second-order valence-electron chi connectivity index (χ2n) is 4.44. The number of fused-ring (bicyclic) bond motifs is 1. The van der Waals surface area contributed by atoms with Gasteiger partial charge in [-0.2, -0.15) is 0 Å². The molecule has 0 bridgehead atoms. The lowest BCUT2D eigenvalue weighted by Gasteiger charge is -2.18. The number of aromatic amines is 1. The van der Waals surface area contributed by atoms with Gasteiger partial charge in [0, 0.05) is 25.7 Å². The first-order chi connectivity index (χ1) is 8.56. The summed E-state index contributed by atoms with van der Waals surface area (Å²) in [4.78, 5) is 20.1. The number of imidazole rings is 1. The van der Waals surface area contributed by atoms with Crippen LogP contribution in [0.4, 0.5) is 5.69 Å². The number of rotatable bonds is 5. The van der Waals surface area contributed by atoms with E-state index in [-0.39, 0.29) is 6.42 Å². The number of nitrogens with one attached hydrogen (secondary N) is 1. The molecular formula is C13H17N3O2. The number of aryl methyl sites for hydroxylation is 1. The molecule has 18 heavy (non-hydrogen) atoms. The summed E-state index contributed by atoms with van der Waals surface area (Å²) in [7, 11) is 1.96. The smallest absolute Gasteiger partial charge is 0.303 e. The number of carboxylic acids is 1. The number of aromatic nitrogens is 2. The Bertz CT molecular complexity index is 562. The topological polar surface area (TPSA) is 69.2 Å². The maximum absolute atomic E-state index is 10.5. The van der Waals surface area contributed by atoms with E-state index in [0.29, 0.717) is 6.42 Å². The van der Waals surface area contributed by atoms with Crippen molar-refractivity contribution in [3.63, 3.8) is 0 Å². The Labute approximate surface area is 105 Å². The summed E-state index contributed by atoms with van der Waals surface area (Å²) >= 11 is 0. The Morgan fingerprint density at radius 2 is 2.28 bits per heavy atom. The molecule has 5 nitrogen and oxygen atoms in total. The Morgan fingerprint density at radius 1 is 1.50 bits per heavy atom. The first kappa shape index (κ1) is 12.4. The summed E-state index contributed by atoms with van der Waals surface area (Å²) in [5, 5.41) is 8.61. The van der Waals surface area contributed by atoms with Crippen LogP contribution in [-0.2, 0) is 4.79 Å². The van der Waals surface area contributed by atoms with Crippen molar-refractivity contribution in [3.8, 4) is 0 Å². The number of carbonyl (C=O) groups is 1. The maximum atomic E-state index is 10.5. The third-order valence-electron chi connectivity index (χ3n) is 2.91. The molecule has 0 spiro atoms. The molecule has 0 radical (unpaired) electrons. The molecule has 0 fully saturated rings. The lowest BCUT2D eigenvalue weighted by Crippen LogP contribution is -2.19. The van der Waals surface area contributed by atoms with E-state index in [1.54, 1.807) is 0 Å². The summed E-state index contributed by atoms with van der Waals surface area (Å²) < 4.78 is 0. The van der Waals surface area contributed by atoms with E-state index in [9.17, 15) is 4.79 Å². The molecule has 0 saturated carbocycles. The van der Waals surface area contributed by atoms with E-state index in [0.717, 1.165) is 29.1 Å². The Hall–Kier alpha value is -2.04. The molecule has 0 atom stereocenters. The quantitative estimate of drug-likeness (QED) is 0.849. The molecule has 2 N–H and O–H groups in total. The number of carboxylic acid groups (broad SMARTS) is 1. The highest BCUT2D eigenvalue weighted by atomic mass is 16.4. The SMILES string of the molecule is Cc1nc2ccc(N(C)CCCC(=O)O)cc2[nH]1. The summed E-state index contributed by atoms with van der Waals surface area (Å²) in [6.07, 6.45) is 0.849. The van der Waals surface area contributed by atoms with Gasteiger partial charge in [-0.15, -0.1) is 0 Å². The van der Waals surface area contributed by atoms with Crippen molar-refractivity contribution in [2.45, 2.75) is 19.8 Å². The summed E-state index contributed by atoms with van der Waals surface area (Å²) in [6, 6.07) is 6.02. The average molecular weight is 247 g/mol. The number of aliphatic carboxylic acids is 1. The van der Waals surface area contributed by atoms with Crippen molar-refractivity contribution in [2.75, 3.05) is 18.5 Å². The Kier molecular flexibility index (Phi) is 3.50. The lowest BCUT2D eigenvalue weighted by atomic mass is 10.2. The fourth-order valence-electron chi connectivity index (χ4n) is 1.96. The first-order valence-corrected chi connectivity index (χ1v) is 5.95. The van der Waals surface area contributed by atoms with Crippen LogP contribution in [0.25, 0.3) is 11.0 Å². The van der Waals surface area contributed by atoms with E-state index >= 15 is 0 Å². The van der Waals surface area contributed by atoms with Gasteiger partial charge in [-0.3, -0.25) is 4.79 Å². The predicted molar refractivity (Wildman–Crippen MR) is 71.0 cm³/mol. The van der Waals surface area contributed by atoms with Crippen molar-refractivity contribution < 1.29 is 9.90 Å². The highest BCUT2D eigenvalue weighted by Crippen LogP contribution is 2.20. The Balaban J connectivity index is 2.07. The minimum atomic E-state index is -0.747.